The predicted octanol–water partition coefficient (Wildman–Crippen LogP) is 3.59. The molecular weight excluding hydrogens is 170 g/mol. The fraction of sp³-hybridized carbons (Fsp3) is 1.00. The third kappa shape index (κ3) is 4.99. The fourth-order valence-corrected chi connectivity index (χ4v) is 2.13. The van der Waals surface area contributed by atoms with Gasteiger partial charge in [-0.25, -0.2) is 0 Å². The van der Waals surface area contributed by atoms with E-state index < -0.39 is 0 Å². The molecule has 0 aromatic heterocycles. The maximum absolute atomic E-state index is 3.72. The maximum Gasteiger partial charge on any atom is 0.00976 e. The van der Waals surface area contributed by atoms with Crippen molar-refractivity contribution in [2.75, 3.05) is 0 Å². The number of hydrogen-bond acceptors (Lipinski definition) is 1. The zero-order valence-corrected chi connectivity index (χ0v) is 10.3. The van der Waals surface area contributed by atoms with Gasteiger partial charge in [0.25, 0.3) is 0 Å². The summed E-state index contributed by atoms with van der Waals surface area (Å²) in [6.45, 7) is 9.17. The molecule has 1 nitrogen and oxygen atoms in total. The fourth-order valence-electron chi connectivity index (χ4n) is 2.13. The lowest BCUT2D eigenvalue weighted by atomic mass is 10.00. The van der Waals surface area contributed by atoms with Crippen molar-refractivity contribution in [1.82, 2.24) is 5.32 Å². The molecule has 1 aliphatic rings. The first-order valence-electron chi connectivity index (χ1n) is 6.35. The molecule has 0 bridgehead atoms. The van der Waals surface area contributed by atoms with Crippen LogP contribution in [0.25, 0.3) is 0 Å². The van der Waals surface area contributed by atoms with Crippen LogP contribution in [0, 0.1) is 11.8 Å². The molecule has 1 saturated carbocycles. The number of rotatable bonds is 7. The van der Waals surface area contributed by atoms with Gasteiger partial charge in [-0.05, 0) is 31.1 Å². The van der Waals surface area contributed by atoms with E-state index in [0.717, 1.165) is 17.9 Å². The molecule has 0 aromatic carbocycles. The summed E-state index contributed by atoms with van der Waals surface area (Å²) in [5.74, 6) is 1.87. The van der Waals surface area contributed by atoms with E-state index in [0.29, 0.717) is 6.04 Å². The minimum Gasteiger partial charge on any atom is -0.312 e. The summed E-state index contributed by atoms with van der Waals surface area (Å²) in [6, 6.07) is 1.47. The Hall–Kier alpha value is -0.0400. The highest BCUT2D eigenvalue weighted by Crippen LogP contribution is 2.35. The molecule has 1 atom stereocenters. The van der Waals surface area contributed by atoms with Crippen molar-refractivity contribution in [3.8, 4) is 0 Å². The highest BCUT2D eigenvalue weighted by Gasteiger charge is 2.30. The first-order valence-corrected chi connectivity index (χ1v) is 6.35. The van der Waals surface area contributed by atoms with Crippen molar-refractivity contribution in [3.63, 3.8) is 0 Å². The Morgan fingerprint density at radius 1 is 1.07 bits per heavy atom. The van der Waals surface area contributed by atoms with Gasteiger partial charge in [0.15, 0.2) is 0 Å². The van der Waals surface area contributed by atoms with Crippen LogP contribution in [0.5, 0.6) is 0 Å². The average Bonchev–Trinajstić information content (AvgIpc) is 2.83. The SMILES string of the molecule is CC(C)CCC[C@@H](NC(C)C)C1CC1. The molecule has 1 fully saturated rings. The zero-order chi connectivity index (χ0) is 10.6. The summed E-state index contributed by atoms with van der Waals surface area (Å²) in [4.78, 5) is 0. The van der Waals surface area contributed by atoms with Crippen LogP contribution in [-0.4, -0.2) is 12.1 Å². The second kappa shape index (κ2) is 5.75. The van der Waals surface area contributed by atoms with E-state index in [1.54, 1.807) is 0 Å². The van der Waals surface area contributed by atoms with Gasteiger partial charge in [0, 0.05) is 12.1 Å². The van der Waals surface area contributed by atoms with E-state index in [4.69, 9.17) is 0 Å². The van der Waals surface area contributed by atoms with Gasteiger partial charge in [-0.3, -0.25) is 0 Å². The summed E-state index contributed by atoms with van der Waals surface area (Å²) >= 11 is 0. The van der Waals surface area contributed by atoms with Crippen LogP contribution >= 0.6 is 0 Å². The van der Waals surface area contributed by atoms with Gasteiger partial charge < -0.3 is 5.32 Å². The normalized spacial score (nSPS) is 19.3. The second-order valence-corrected chi connectivity index (χ2v) is 5.59. The van der Waals surface area contributed by atoms with Crippen molar-refractivity contribution in [2.45, 2.75) is 71.9 Å². The molecule has 1 aliphatic carbocycles. The van der Waals surface area contributed by atoms with Crippen molar-refractivity contribution in [3.05, 3.63) is 0 Å². The summed E-state index contributed by atoms with van der Waals surface area (Å²) in [5.41, 5.74) is 0. The van der Waals surface area contributed by atoms with E-state index in [1.165, 1.54) is 32.1 Å². The van der Waals surface area contributed by atoms with Crippen molar-refractivity contribution in [1.29, 1.82) is 0 Å². The Kier molecular flexibility index (Phi) is 4.94. The molecule has 14 heavy (non-hydrogen) atoms. The number of hydrogen-bond donors (Lipinski definition) is 1. The van der Waals surface area contributed by atoms with Gasteiger partial charge in [0.05, 0.1) is 0 Å². The van der Waals surface area contributed by atoms with E-state index >= 15 is 0 Å². The first kappa shape index (κ1) is 12.0. The van der Waals surface area contributed by atoms with Crippen LogP contribution in [0.4, 0.5) is 0 Å². The molecule has 1 heteroatoms. The maximum atomic E-state index is 3.72. The van der Waals surface area contributed by atoms with Crippen molar-refractivity contribution >= 4 is 0 Å². The quantitative estimate of drug-likeness (QED) is 0.657. The lowest BCUT2D eigenvalue weighted by Gasteiger charge is -2.21. The highest BCUT2D eigenvalue weighted by molar-refractivity contribution is 4.87. The molecule has 0 spiro atoms. The van der Waals surface area contributed by atoms with E-state index in [1.807, 2.05) is 0 Å². The van der Waals surface area contributed by atoms with E-state index in [-0.39, 0.29) is 0 Å². The van der Waals surface area contributed by atoms with Gasteiger partial charge in [0.1, 0.15) is 0 Å². The minimum absolute atomic E-state index is 0.652. The molecule has 84 valence electrons. The Bertz CT molecular complexity index is 147. The van der Waals surface area contributed by atoms with Crippen LogP contribution in [0.2, 0.25) is 0 Å². The first-order chi connectivity index (χ1) is 6.59. The molecule has 0 unspecified atom stereocenters. The van der Waals surface area contributed by atoms with Crippen LogP contribution in [0.1, 0.15) is 59.8 Å². The monoisotopic (exact) mass is 197 g/mol. The zero-order valence-electron chi connectivity index (χ0n) is 10.3. The van der Waals surface area contributed by atoms with Gasteiger partial charge in [0.2, 0.25) is 0 Å². The summed E-state index contributed by atoms with van der Waals surface area (Å²) < 4.78 is 0. The molecule has 0 amide bonds. The molecule has 0 radical (unpaired) electrons. The van der Waals surface area contributed by atoms with E-state index in [2.05, 4.69) is 33.0 Å². The smallest absolute Gasteiger partial charge is 0.00976 e. The average molecular weight is 197 g/mol. The standard InChI is InChI=1S/C13H27N/c1-10(2)6-5-7-13(12-8-9-12)14-11(3)4/h10-14H,5-9H2,1-4H3/t13-/m1/s1. The summed E-state index contributed by atoms with van der Waals surface area (Å²) in [7, 11) is 0. The molecule has 1 rings (SSSR count). The third-order valence-corrected chi connectivity index (χ3v) is 3.04. The van der Waals surface area contributed by atoms with Gasteiger partial charge in [-0.1, -0.05) is 40.5 Å². The molecule has 1 N–H and O–H groups in total. The van der Waals surface area contributed by atoms with Crippen molar-refractivity contribution in [2.24, 2.45) is 11.8 Å². The Morgan fingerprint density at radius 2 is 1.71 bits per heavy atom. The molecule has 0 aromatic rings. The summed E-state index contributed by atoms with van der Waals surface area (Å²) in [5, 5.41) is 3.72. The topological polar surface area (TPSA) is 12.0 Å². The Balaban J connectivity index is 2.15. The van der Waals surface area contributed by atoms with Gasteiger partial charge in [-0.2, -0.15) is 0 Å². The highest BCUT2D eigenvalue weighted by atomic mass is 14.9. The van der Waals surface area contributed by atoms with Crippen LogP contribution in [0.3, 0.4) is 0 Å². The molecule has 0 heterocycles. The second-order valence-electron chi connectivity index (χ2n) is 5.59. The third-order valence-electron chi connectivity index (χ3n) is 3.04. The molecule has 0 saturated heterocycles. The predicted molar refractivity (Wildman–Crippen MR) is 63.5 cm³/mol. The van der Waals surface area contributed by atoms with Gasteiger partial charge >= 0.3 is 0 Å². The van der Waals surface area contributed by atoms with Crippen LogP contribution in [0.15, 0.2) is 0 Å². The van der Waals surface area contributed by atoms with Gasteiger partial charge in [-0.15, -0.1) is 0 Å². The Labute approximate surface area is 89.7 Å². The molecule has 0 aliphatic heterocycles. The number of nitrogens with one attached hydrogen (secondary N) is 1. The largest absolute Gasteiger partial charge is 0.312 e. The Morgan fingerprint density at radius 3 is 2.14 bits per heavy atom. The van der Waals surface area contributed by atoms with Crippen LogP contribution in [-0.2, 0) is 0 Å². The minimum atomic E-state index is 0.652. The van der Waals surface area contributed by atoms with E-state index in [9.17, 15) is 0 Å². The summed E-state index contributed by atoms with van der Waals surface area (Å²) in [6.07, 6.45) is 7.11. The van der Waals surface area contributed by atoms with Crippen molar-refractivity contribution < 1.29 is 0 Å². The lowest BCUT2D eigenvalue weighted by Crippen LogP contribution is -2.36. The molecular formula is C13H27N. The van der Waals surface area contributed by atoms with Crippen LogP contribution < -0.4 is 5.32 Å². The lowest BCUT2D eigenvalue weighted by molar-refractivity contribution is 0.377.